The van der Waals surface area contributed by atoms with Gasteiger partial charge in [0.2, 0.25) is 11.9 Å². The lowest BCUT2D eigenvalue weighted by atomic mass is 10.0. The Morgan fingerprint density at radius 1 is 1.25 bits per heavy atom. The largest absolute Gasteiger partial charge is 0.421 e. The first kappa shape index (κ1) is 22.9. The molecule has 3 N–H and O–H groups in total. The number of nitrogens with one attached hydrogen (secondary N) is 3. The van der Waals surface area contributed by atoms with Gasteiger partial charge in [-0.05, 0) is 36.8 Å². The number of carbonyl (C=O) groups is 1. The summed E-state index contributed by atoms with van der Waals surface area (Å²) >= 11 is 0. The van der Waals surface area contributed by atoms with Gasteiger partial charge in [0.05, 0.1) is 17.9 Å². The second kappa shape index (κ2) is 9.78. The number of aryl methyl sites for hydroxylation is 1. The minimum absolute atomic E-state index is 0.00112. The molecular formula is C24H22FN9O2. The quantitative estimate of drug-likeness (QED) is 0.321. The number of anilines is 3. The molecule has 0 spiro atoms. The first-order chi connectivity index (χ1) is 17.5. The predicted molar refractivity (Wildman–Crippen MR) is 130 cm³/mol. The number of H-pyrrole nitrogens is 1. The third-order valence-electron chi connectivity index (χ3n) is 5.45. The van der Waals surface area contributed by atoms with Crippen molar-refractivity contribution in [3.8, 4) is 22.9 Å². The Hall–Kier alpha value is -4.87. The summed E-state index contributed by atoms with van der Waals surface area (Å²) in [6.45, 7) is 6.34. The lowest BCUT2D eigenvalue weighted by Crippen LogP contribution is -2.59. The normalized spacial score (nSPS) is 13.1. The predicted octanol–water partition coefficient (Wildman–Crippen LogP) is 3.13. The van der Waals surface area contributed by atoms with E-state index in [0.29, 0.717) is 47.4 Å². The van der Waals surface area contributed by atoms with Crippen LogP contribution in [0, 0.1) is 12.7 Å². The fraction of sp³-hybridized carbons (Fsp3) is 0.167. The maximum absolute atomic E-state index is 15.0. The van der Waals surface area contributed by atoms with Crippen LogP contribution in [-0.2, 0) is 4.79 Å². The number of carbonyl (C=O) groups excluding carboxylic acids is 1. The number of amides is 1. The van der Waals surface area contributed by atoms with Gasteiger partial charge in [-0.3, -0.25) is 9.89 Å². The van der Waals surface area contributed by atoms with E-state index >= 15 is 4.39 Å². The number of nitrogens with zero attached hydrogens (tertiary/aromatic N) is 6. The highest BCUT2D eigenvalue weighted by Crippen LogP contribution is 2.35. The lowest BCUT2D eigenvalue weighted by Gasteiger charge is -2.41. The summed E-state index contributed by atoms with van der Waals surface area (Å²) in [7, 11) is 0. The number of hydrogen-bond acceptors (Lipinski definition) is 9. The molecule has 11 nitrogen and oxygen atoms in total. The van der Waals surface area contributed by atoms with Crippen molar-refractivity contribution in [2.75, 3.05) is 23.3 Å². The average Bonchev–Trinajstić information content (AvgIpc) is 3.35. The van der Waals surface area contributed by atoms with Crippen LogP contribution >= 0.6 is 0 Å². The molecule has 1 amide bonds. The zero-order valence-corrected chi connectivity index (χ0v) is 19.3. The van der Waals surface area contributed by atoms with E-state index in [1.165, 1.54) is 18.2 Å². The van der Waals surface area contributed by atoms with Gasteiger partial charge in [0.15, 0.2) is 11.6 Å². The van der Waals surface area contributed by atoms with Crippen molar-refractivity contribution in [1.82, 2.24) is 35.5 Å². The van der Waals surface area contributed by atoms with Crippen molar-refractivity contribution in [3.63, 3.8) is 0 Å². The van der Waals surface area contributed by atoms with Gasteiger partial charge in [0.1, 0.15) is 5.82 Å². The number of aromatic nitrogens is 6. The molecular weight excluding hydrogens is 465 g/mol. The molecule has 3 aromatic heterocycles. The van der Waals surface area contributed by atoms with E-state index in [0.717, 1.165) is 0 Å². The highest BCUT2D eigenvalue weighted by molar-refractivity contribution is 5.87. The van der Waals surface area contributed by atoms with Gasteiger partial charge in [-0.15, -0.1) is 0 Å². The van der Waals surface area contributed by atoms with E-state index < -0.39 is 5.82 Å². The molecule has 4 aromatic rings. The maximum Gasteiger partial charge on any atom is 0.322 e. The Kier molecular flexibility index (Phi) is 6.22. The Balaban J connectivity index is 1.42. The zero-order chi connectivity index (χ0) is 25.1. The molecule has 36 heavy (non-hydrogen) atoms. The van der Waals surface area contributed by atoms with E-state index in [2.05, 4.69) is 47.3 Å². The Morgan fingerprint density at radius 2 is 2.11 bits per heavy atom. The van der Waals surface area contributed by atoms with Crippen molar-refractivity contribution < 1.29 is 13.9 Å². The van der Waals surface area contributed by atoms with Crippen LogP contribution in [0.15, 0.2) is 61.7 Å². The molecule has 1 saturated heterocycles. The van der Waals surface area contributed by atoms with E-state index in [4.69, 9.17) is 4.74 Å². The summed E-state index contributed by atoms with van der Waals surface area (Å²) in [6.07, 6.45) is 7.69. The monoisotopic (exact) mass is 487 g/mol. The molecule has 1 aromatic carbocycles. The van der Waals surface area contributed by atoms with Crippen molar-refractivity contribution in [3.05, 3.63) is 73.2 Å². The molecule has 1 aliphatic rings. The smallest absolute Gasteiger partial charge is 0.322 e. The van der Waals surface area contributed by atoms with Crippen molar-refractivity contribution in [2.45, 2.75) is 13.0 Å². The topological polar surface area (TPSA) is 134 Å². The maximum atomic E-state index is 15.0. The van der Waals surface area contributed by atoms with Crippen molar-refractivity contribution >= 4 is 23.4 Å². The van der Waals surface area contributed by atoms with Gasteiger partial charge in [0.25, 0.3) is 0 Å². The van der Waals surface area contributed by atoms with Gasteiger partial charge >= 0.3 is 6.01 Å². The van der Waals surface area contributed by atoms with Crippen molar-refractivity contribution in [1.29, 1.82) is 0 Å². The molecule has 4 heterocycles. The average molecular weight is 487 g/mol. The second-order valence-corrected chi connectivity index (χ2v) is 8.09. The fourth-order valence-corrected chi connectivity index (χ4v) is 3.65. The van der Waals surface area contributed by atoms with E-state index in [1.807, 2.05) is 4.90 Å². The number of ether oxygens (including phenoxy) is 1. The SMILES string of the molecule is C=CC(=O)NC1CN(c2nc(Nc3cn[nH]c3)ncc2-c2ccc(Oc3nccc(C)n3)c(F)c2)C1. The third kappa shape index (κ3) is 4.97. The standard InChI is InChI=1S/C24H22FN9O2/c1-3-21(35)31-17-12-34(13-17)22-18(11-27-23(33-22)32-16-9-28-29-10-16)15-4-5-20(19(25)8-15)36-24-26-7-6-14(2)30-24/h3-11,17H,1,12-13H2,2H3,(H,28,29)(H,31,35)(H,27,32,33). The van der Waals surface area contributed by atoms with Crippen LogP contribution in [0.2, 0.25) is 0 Å². The number of benzene rings is 1. The summed E-state index contributed by atoms with van der Waals surface area (Å²) in [5.41, 5.74) is 2.59. The molecule has 1 aliphatic heterocycles. The molecule has 0 saturated carbocycles. The van der Waals surface area contributed by atoms with Crippen LogP contribution in [0.1, 0.15) is 5.69 Å². The molecule has 0 aliphatic carbocycles. The molecule has 0 radical (unpaired) electrons. The van der Waals surface area contributed by atoms with Gasteiger partial charge < -0.3 is 20.3 Å². The molecule has 0 bridgehead atoms. The zero-order valence-electron chi connectivity index (χ0n) is 19.3. The summed E-state index contributed by atoms with van der Waals surface area (Å²) < 4.78 is 20.5. The number of halogens is 1. The van der Waals surface area contributed by atoms with Crippen LogP contribution < -0.4 is 20.3 Å². The van der Waals surface area contributed by atoms with Crippen molar-refractivity contribution in [2.24, 2.45) is 0 Å². The second-order valence-electron chi connectivity index (χ2n) is 8.09. The van der Waals surface area contributed by atoms with E-state index in [9.17, 15) is 4.79 Å². The molecule has 182 valence electrons. The number of hydrogen-bond donors (Lipinski definition) is 3. The Bertz CT molecular complexity index is 1400. The first-order valence-electron chi connectivity index (χ1n) is 11.1. The molecule has 12 heteroatoms. The Morgan fingerprint density at radius 3 is 2.83 bits per heavy atom. The Labute approximate surface area is 205 Å². The van der Waals surface area contributed by atoms with Crippen LogP contribution in [0.25, 0.3) is 11.1 Å². The van der Waals surface area contributed by atoms with E-state index in [-0.39, 0.29) is 23.7 Å². The third-order valence-corrected chi connectivity index (χ3v) is 5.45. The highest BCUT2D eigenvalue weighted by Gasteiger charge is 2.31. The first-order valence-corrected chi connectivity index (χ1v) is 11.1. The van der Waals surface area contributed by atoms with Crippen LogP contribution in [0.3, 0.4) is 0 Å². The molecule has 1 fully saturated rings. The molecule has 0 atom stereocenters. The highest BCUT2D eigenvalue weighted by atomic mass is 19.1. The van der Waals surface area contributed by atoms with Gasteiger partial charge in [-0.25, -0.2) is 19.3 Å². The number of aromatic amines is 1. The van der Waals surface area contributed by atoms with Gasteiger partial charge in [-0.2, -0.15) is 10.1 Å². The van der Waals surface area contributed by atoms with Gasteiger partial charge in [-0.1, -0.05) is 12.6 Å². The lowest BCUT2D eigenvalue weighted by molar-refractivity contribution is -0.117. The summed E-state index contributed by atoms with van der Waals surface area (Å²) in [5, 5.41) is 12.6. The minimum Gasteiger partial charge on any atom is -0.421 e. The summed E-state index contributed by atoms with van der Waals surface area (Å²) in [5.74, 6) is 0.131. The van der Waals surface area contributed by atoms with E-state index in [1.54, 1.807) is 43.8 Å². The summed E-state index contributed by atoms with van der Waals surface area (Å²) in [4.78, 5) is 30.8. The van der Waals surface area contributed by atoms with Crippen LogP contribution in [0.5, 0.6) is 11.8 Å². The summed E-state index contributed by atoms with van der Waals surface area (Å²) in [6, 6.07) is 6.33. The van der Waals surface area contributed by atoms with Gasteiger partial charge in [0, 0.05) is 42.9 Å². The minimum atomic E-state index is -0.580. The fourth-order valence-electron chi connectivity index (χ4n) is 3.65. The van der Waals surface area contributed by atoms with Crippen LogP contribution in [-0.4, -0.2) is 55.2 Å². The molecule has 5 rings (SSSR count). The number of rotatable bonds is 8. The molecule has 0 unspecified atom stereocenters. The van der Waals surface area contributed by atoms with Crippen LogP contribution in [0.4, 0.5) is 21.8 Å².